The zero-order valence-electron chi connectivity index (χ0n) is 13.9. The Morgan fingerprint density at radius 2 is 1.87 bits per heavy atom. The Kier molecular flexibility index (Phi) is 6.20. The maximum atomic E-state index is 9.83. The summed E-state index contributed by atoms with van der Waals surface area (Å²) in [5.41, 5.74) is 3.26. The van der Waals surface area contributed by atoms with Gasteiger partial charge in [0.15, 0.2) is 0 Å². The summed E-state index contributed by atoms with van der Waals surface area (Å²) < 4.78 is 0. The zero-order chi connectivity index (χ0) is 16.8. The van der Waals surface area contributed by atoms with Crippen LogP contribution in [0.25, 0.3) is 0 Å². The molecular weight excluding hydrogens is 308 g/mol. The number of likely N-dealkylation sites (N-methyl/N-ethyl adjacent to an activating group) is 1. The van der Waals surface area contributed by atoms with Gasteiger partial charge in [0, 0.05) is 22.4 Å². The van der Waals surface area contributed by atoms with Gasteiger partial charge in [0.2, 0.25) is 0 Å². The number of hydrogen-bond donors (Lipinski definition) is 2. The van der Waals surface area contributed by atoms with Gasteiger partial charge in [-0.15, -0.1) is 0 Å². The lowest BCUT2D eigenvalue weighted by Gasteiger charge is -2.20. The molecule has 0 saturated carbocycles. The van der Waals surface area contributed by atoms with Crippen molar-refractivity contribution in [2.24, 2.45) is 4.99 Å². The van der Waals surface area contributed by atoms with Crippen LogP contribution < -0.4 is 4.90 Å². The summed E-state index contributed by atoms with van der Waals surface area (Å²) in [4.78, 5) is 5.84. The van der Waals surface area contributed by atoms with Crippen molar-refractivity contribution in [1.82, 2.24) is 0 Å². The number of nitrogens with one attached hydrogen (secondary N) is 1. The van der Waals surface area contributed by atoms with Crippen LogP contribution in [0.5, 0.6) is 5.75 Å². The molecule has 2 N–H and O–H groups in total. The maximum Gasteiger partial charge on any atom is 0.132 e. The molecule has 0 amide bonds. The Bertz CT molecular complexity index is 666. The SMILES string of the molecule is CCc1ccc([C@@H](CN=Cc2cc(Cl)ccc2O)[NH+](C)C)cc1. The van der Waals surface area contributed by atoms with E-state index in [0.29, 0.717) is 17.1 Å². The lowest BCUT2D eigenvalue weighted by molar-refractivity contribution is -0.890. The second-order valence-corrected chi connectivity index (χ2v) is 6.36. The van der Waals surface area contributed by atoms with Gasteiger partial charge in [-0.25, -0.2) is 0 Å². The van der Waals surface area contributed by atoms with Gasteiger partial charge >= 0.3 is 0 Å². The van der Waals surface area contributed by atoms with Gasteiger partial charge < -0.3 is 10.0 Å². The molecule has 0 aromatic heterocycles. The van der Waals surface area contributed by atoms with Gasteiger partial charge in [-0.2, -0.15) is 0 Å². The van der Waals surface area contributed by atoms with E-state index in [9.17, 15) is 5.11 Å². The van der Waals surface area contributed by atoms with E-state index in [1.165, 1.54) is 16.0 Å². The molecule has 0 aliphatic carbocycles. The molecule has 0 spiro atoms. The van der Waals surface area contributed by atoms with E-state index in [4.69, 9.17) is 11.6 Å². The van der Waals surface area contributed by atoms with Crippen LogP contribution in [0.15, 0.2) is 47.5 Å². The molecular formula is C19H24ClN2O+. The van der Waals surface area contributed by atoms with Crippen molar-refractivity contribution < 1.29 is 10.0 Å². The summed E-state index contributed by atoms with van der Waals surface area (Å²) in [5.74, 6) is 0.194. The van der Waals surface area contributed by atoms with Crippen LogP contribution in [0.3, 0.4) is 0 Å². The average molecular weight is 332 g/mol. The molecule has 0 saturated heterocycles. The van der Waals surface area contributed by atoms with Gasteiger partial charge in [-0.1, -0.05) is 42.8 Å². The predicted molar refractivity (Wildman–Crippen MR) is 96.9 cm³/mol. The summed E-state index contributed by atoms with van der Waals surface area (Å²) in [6.45, 7) is 2.81. The number of aliphatic imine (C=N–C) groups is 1. The highest BCUT2D eigenvalue weighted by atomic mass is 35.5. The number of phenolic OH excluding ortho intramolecular Hbond substituents is 1. The number of quaternary nitrogens is 1. The van der Waals surface area contributed by atoms with Crippen LogP contribution >= 0.6 is 11.6 Å². The average Bonchev–Trinajstić information content (AvgIpc) is 2.54. The number of aromatic hydroxyl groups is 1. The van der Waals surface area contributed by atoms with E-state index in [0.717, 1.165) is 6.42 Å². The first-order valence-corrected chi connectivity index (χ1v) is 8.26. The zero-order valence-corrected chi connectivity index (χ0v) is 14.6. The number of benzene rings is 2. The molecule has 23 heavy (non-hydrogen) atoms. The molecule has 3 nitrogen and oxygen atoms in total. The number of phenols is 1. The second kappa shape index (κ2) is 8.14. The fourth-order valence-corrected chi connectivity index (χ4v) is 2.67. The van der Waals surface area contributed by atoms with Crippen molar-refractivity contribution in [2.75, 3.05) is 20.6 Å². The largest absolute Gasteiger partial charge is 0.507 e. The van der Waals surface area contributed by atoms with Crippen molar-refractivity contribution in [2.45, 2.75) is 19.4 Å². The molecule has 0 aliphatic rings. The monoisotopic (exact) mass is 331 g/mol. The Hall–Kier alpha value is -1.84. The van der Waals surface area contributed by atoms with E-state index in [-0.39, 0.29) is 11.8 Å². The van der Waals surface area contributed by atoms with Crippen molar-refractivity contribution in [1.29, 1.82) is 0 Å². The minimum atomic E-state index is 0.194. The quantitative estimate of drug-likeness (QED) is 0.785. The van der Waals surface area contributed by atoms with E-state index in [1.807, 2.05) is 0 Å². The summed E-state index contributed by atoms with van der Waals surface area (Å²) in [7, 11) is 4.26. The van der Waals surface area contributed by atoms with Crippen LogP contribution in [0, 0.1) is 0 Å². The third kappa shape index (κ3) is 4.81. The smallest absolute Gasteiger partial charge is 0.132 e. The maximum absolute atomic E-state index is 9.83. The number of nitrogens with zero attached hydrogens (tertiary/aromatic N) is 1. The van der Waals surface area contributed by atoms with E-state index >= 15 is 0 Å². The minimum absolute atomic E-state index is 0.194. The minimum Gasteiger partial charge on any atom is -0.507 e. The molecule has 0 unspecified atom stereocenters. The van der Waals surface area contributed by atoms with E-state index < -0.39 is 0 Å². The standard InChI is InChI=1S/C19H23ClN2O/c1-4-14-5-7-15(8-6-14)18(22(2)3)13-21-12-16-11-17(20)9-10-19(16)23/h5-12,18,23H,4,13H2,1-3H3/p+1/t18-/m1/s1. The highest BCUT2D eigenvalue weighted by molar-refractivity contribution is 6.30. The summed E-state index contributed by atoms with van der Waals surface area (Å²) in [6.07, 6.45) is 2.74. The highest BCUT2D eigenvalue weighted by Gasteiger charge is 2.16. The predicted octanol–water partition coefficient (Wildman–Crippen LogP) is 2.91. The first kappa shape index (κ1) is 17.5. The topological polar surface area (TPSA) is 37.0 Å². The summed E-state index contributed by atoms with van der Waals surface area (Å²) in [6, 6.07) is 14.0. The molecule has 2 aromatic rings. The molecule has 0 aliphatic heterocycles. The molecule has 122 valence electrons. The third-order valence-electron chi connectivity index (χ3n) is 4.00. The lowest BCUT2D eigenvalue weighted by atomic mass is 10.0. The fourth-order valence-electron chi connectivity index (χ4n) is 2.49. The molecule has 0 fully saturated rings. The van der Waals surface area contributed by atoms with Gasteiger partial charge in [-0.3, -0.25) is 4.99 Å². The van der Waals surface area contributed by atoms with Crippen molar-refractivity contribution in [3.8, 4) is 5.75 Å². The third-order valence-corrected chi connectivity index (χ3v) is 4.23. The molecule has 2 aromatic carbocycles. The van der Waals surface area contributed by atoms with Gasteiger partial charge in [0.1, 0.15) is 11.8 Å². The van der Waals surface area contributed by atoms with Gasteiger partial charge in [0.25, 0.3) is 0 Å². The lowest BCUT2D eigenvalue weighted by Crippen LogP contribution is -3.06. The summed E-state index contributed by atoms with van der Waals surface area (Å²) in [5, 5.41) is 10.4. The Morgan fingerprint density at radius 3 is 2.48 bits per heavy atom. The summed E-state index contributed by atoms with van der Waals surface area (Å²) >= 11 is 5.96. The van der Waals surface area contributed by atoms with Gasteiger partial charge in [0.05, 0.1) is 20.6 Å². The normalized spacial score (nSPS) is 12.9. The van der Waals surface area contributed by atoms with E-state index in [1.54, 1.807) is 24.4 Å². The highest BCUT2D eigenvalue weighted by Crippen LogP contribution is 2.20. The van der Waals surface area contributed by atoms with Crippen LogP contribution in [0.2, 0.25) is 5.02 Å². The Morgan fingerprint density at radius 1 is 1.17 bits per heavy atom. The first-order chi connectivity index (χ1) is 11.0. The van der Waals surface area contributed by atoms with Crippen molar-refractivity contribution >= 4 is 17.8 Å². The molecule has 4 heteroatoms. The second-order valence-electron chi connectivity index (χ2n) is 5.92. The van der Waals surface area contributed by atoms with Gasteiger partial charge in [-0.05, 0) is 30.2 Å². The molecule has 1 atom stereocenters. The van der Waals surface area contributed by atoms with E-state index in [2.05, 4.69) is 50.3 Å². The number of hydrogen-bond acceptors (Lipinski definition) is 2. The fraction of sp³-hybridized carbons (Fsp3) is 0.316. The van der Waals surface area contributed by atoms with Crippen molar-refractivity contribution in [3.05, 3.63) is 64.2 Å². The van der Waals surface area contributed by atoms with Crippen LogP contribution in [0.4, 0.5) is 0 Å². The van der Waals surface area contributed by atoms with Crippen molar-refractivity contribution in [3.63, 3.8) is 0 Å². The Labute approximate surface area is 143 Å². The van der Waals surface area contributed by atoms with Crippen LogP contribution in [0.1, 0.15) is 29.7 Å². The Balaban J connectivity index is 2.13. The number of aryl methyl sites for hydroxylation is 1. The molecule has 0 bridgehead atoms. The van der Waals surface area contributed by atoms with Crippen LogP contribution in [-0.2, 0) is 6.42 Å². The molecule has 0 radical (unpaired) electrons. The number of halogens is 1. The number of rotatable bonds is 6. The molecule has 2 rings (SSSR count). The first-order valence-electron chi connectivity index (χ1n) is 7.88. The van der Waals surface area contributed by atoms with Crippen LogP contribution in [-0.4, -0.2) is 32.0 Å². The molecule has 0 heterocycles.